The number of nitrogens with zero attached hydrogens (tertiary/aromatic N) is 3. The first-order valence-electron chi connectivity index (χ1n) is 11.1. The summed E-state index contributed by atoms with van der Waals surface area (Å²) >= 11 is 5.97. The molecule has 34 heavy (non-hydrogen) atoms. The fourth-order valence-electron chi connectivity index (χ4n) is 4.26. The molecule has 1 aromatic heterocycles. The van der Waals surface area contributed by atoms with E-state index >= 15 is 0 Å². The molecule has 5 rings (SSSR count). The molecule has 178 valence electrons. The second-order valence-electron chi connectivity index (χ2n) is 9.03. The molecule has 10 heteroatoms. The fourth-order valence-corrected chi connectivity index (χ4v) is 4.39. The second kappa shape index (κ2) is 8.30. The van der Waals surface area contributed by atoms with Crippen molar-refractivity contribution in [2.24, 2.45) is 0 Å². The summed E-state index contributed by atoms with van der Waals surface area (Å²) in [7, 11) is 0. The lowest BCUT2D eigenvalue weighted by molar-refractivity contribution is -0.138. The number of aromatic nitrogens is 3. The fraction of sp³-hybridized carbons (Fsp3) is 0.375. The maximum Gasteiger partial charge on any atom is 0.416 e. The average molecular weight is 491 g/mol. The van der Waals surface area contributed by atoms with Gasteiger partial charge in [0.1, 0.15) is 6.54 Å². The third kappa shape index (κ3) is 4.61. The number of hydrogen-bond acceptors (Lipinski definition) is 3. The Morgan fingerprint density at radius 2 is 1.79 bits per heavy atom. The number of alkyl halides is 3. The van der Waals surface area contributed by atoms with Crippen LogP contribution < -0.4 is 11.0 Å². The van der Waals surface area contributed by atoms with Gasteiger partial charge in [0.15, 0.2) is 5.82 Å². The van der Waals surface area contributed by atoms with Crippen molar-refractivity contribution in [1.29, 1.82) is 0 Å². The highest BCUT2D eigenvalue weighted by Gasteiger charge is 2.46. The van der Waals surface area contributed by atoms with Gasteiger partial charge in [-0.1, -0.05) is 29.8 Å². The van der Waals surface area contributed by atoms with Gasteiger partial charge in [-0.15, -0.1) is 5.10 Å². The summed E-state index contributed by atoms with van der Waals surface area (Å²) in [5.74, 6) is 0.0180. The van der Waals surface area contributed by atoms with E-state index in [2.05, 4.69) is 10.4 Å². The third-order valence-electron chi connectivity index (χ3n) is 6.29. The number of amides is 1. The predicted octanol–water partition coefficient (Wildman–Crippen LogP) is 4.61. The smallest absolute Gasteiger partial charge is 0.349 e. The number of nitrogens with one attached hydrogen (secondary N) is 1. The number of halogens is 4. The van der Waals surface area contributed by atoms with Crippen LogP contribution in [0.3, 0.4) is 0 Å². The minimum atomic E-state index is -4.46. The Hall–Kier alpha value is -3.07. The van der Waals surface area contributed by atoms with Crippen molar-refractivity contribution in [2.75, 3.05) is 0 Å². The summed E-state index contributed by atoms with van der Waals surface area (Å²) in [6.45, 7) is -0.304. The second-order valence-corrected chi connectivity index (χ2v) is 9.47. The minimum Gasteiger partial charge on any atom is -0.349 e. The van der Waals surface area contributed by atoms with Gasteiger partial charge in [0, 0.05) is 22.2 Å². The molecule has 2 aromatic carbocycles. The van der Waals surface area contributed by atoms with Crippen molar-refractivity contribution in [2.45, 2.75) is 56.4 Å². The van der Waals surface area contributed by atoms with E-state index in [4.69, 9.17) is 11.6 Å². The molecule has 6 nitrogen and oxygen atoms in total. The van der Waals surface area contributed by atoms with E-state index < -0.39 is 23.2 Å². The van der Waals surface area contributed by atoms with Crippen molar-refractivity contribution in [1.82, 2.24) is 19.7 Å². The zero-order valence-corrected chi connectivity index (χ0v) is 18.9. The zero-order valence-electron chi connectivity index (χ0n) is 18.1. The van der Waals surface area contributed by atoms with Gasteiger partial charge < -0.3 is 5.32 Å². The molecular weight excluding hydrogens is 469 g/mol. The molecule has 1 N–H and O–H groups in total. The summed E-state index contributed by atoms with van der Waals surface area (Å²) in [5, 5.41) is 7.82. The monoisotopic (exact) mass is 490 g/mol. The van der Waals surface area contributed by atoms with Crippen LogP contribution in [0.1, 0.15) is 42.9 Å². The highest BCUT2D eigenvalue weighted by Crippen LogP contribution is 2.42. The van der Waals surface area contributed by atoms with Crippen molar-refractivity contribution in [3.05, 3.63) is 75.2 Å². The standard InChI is InChI=1S/C24H22ClF3N4O2/c25-17-7-5-15(6-8-17)21-30-31(22(34)32(21)18-9-10-18)14-20(33)29-23(11-12-23)13-16-3-1-2-4-19(16)24(26,27)28/h1-8,18H,9-14H2,(H,29,33). The van der Waals surface area contributed by atoms with Crippen LogP contribution in [0.25, 0.3) is 11.4 Å². The van der Waals surface area contributed by atoms with E-state index in [1.54, 1.807) is 34.9 Å². The maximum absolute atomic E-state index is 13.4. The highest BCUT2D eigenvalue weighted by atomic mass is 35.5. The lowest BCUT2D eigenvalue weighted by Crippen LogP contribution is -2.42. The van der Waals surface area contributed by atoms with Crippen molar-refractivity contribution in [3.8, 4) is 11.4 Å². The molecule has 0 aliphatic heterocycles. The Morgan fingerprint density at radius 1 is 1.12 bits per heavy atom. The number of carbonyl (C=O) groups excluding carboxylic acids is 1. The van der Waals surface area contributed by atoms with Crippen molar-refractivity contribution in [3.63, 3.8) is 0 Å². The van der Waals surface area contributed by atoms with E-state index in [9.17, 15) is 22.8 Å². The van der Waals surface area contributed by atoms with Gasteiger partial charge in [-0.25, -0.2) is 9.48 Å². The lowest BCUT2D eigenvalue weighted by Gasteiger charge is -2.20. The van der Waals surface area contributed by atoms with E-state index in [0.717, 1.165) is 29.2 Å². The van der Waals surface area contributed by atoms with Gasteiger partial charge in [0.2, 0.25) is 5.91 Å². The third-order valence-corrected chi connectivity index (χ3v) is 6.54. The Balaban J connectivity index is 1.34. The van der Waals surface area contributed by atoms with Gasteiger partial charge in [-0.3, -0.25) is 9.36 Å². The molecule has 0 bridgehead atoms. The lowest BCUT2D eigenvalue weighted by atomic mass is 9.98. The summed E-state index contributed by atoms with van der Waals surface area (Å²) in [4.78, 5) is 25.8. The topological polar surface area (TPSA) is 68.9 Å². The highest BCUT2D eigenvalue weighted by molar-refractivity contribution is 6.30. The summed E-state index contributed by atoms with van der Waals surface area (Å²) in [6.07, 6.45) is -1.51. The molecule has 2 fully saturated rings. The van der Waals surface area contributed by atoms with Gasteiger partial charge in [-0.2, -0.15) is 13.2 Å². The van der Waals surface area contributed by atoms with Crippen LogP contribution >= 0.6 is 11.6 Å². The molecule has 2 saturated carbocycles. The Labute approximate surface area is 198 Å². The number of benzene rings is 2. The molecule has 0 atom stereocenters. The number of hydrogen-bond donors (Lipinski definition) is 1. The van der Waals surface area contributed by atoms with Gasteiger partial charge in [-0.05, 0) is 68.0 Å². The molecule has 2 aliphatic carbocycles. The van der Waals surface area contributed by atoms with Gasteiger partial charge >= 0.3 is 11.9 Å². The Kier molecular flexibility index (Phi) is 5.55. The normalized spacial score (nSPS) is 16.9. The minimum absolute atomic E-state index is 0.0450. The summed E-state index contributed by atoms with van der Waals surface area (Å²) in [6, 6.07) is 12.4. The van der Waals surface area contributed by atoms with Crippen LogP contribution in [0.5, 0.6) is 0 Å². The van der Waals surface area contributed by atoms with Gasteiger partial charge in [0.25, 0.3) is 0 Å². The van der Waals surface area contributed by atoms with Crippen molar-refractivity contribution >= 4 is 17.5 Å². The first kappa shape index (κ1) is 22.7. The quantitative estimate of drug-likeness (QED) is 0.526. The molecule has 0 spiro atoms. The van der Waals surface area contributed by atoms with E-state index in [-0.39, 0.29) is 30.3 Å². The molecule has 3 aromatic rings. The first-order valence-corrected chi connectivity index (χ1v) is 11.4. The number of carbonyl (C=O) groups is 1. The largest absolute Gasteiger partial charge is 0.416 e. The van der Waals surface area contributed by atoms with Crippen LogP contribution in [0, 0.1) is 0 Å². The molecule has 0 radical (unpaired) electrons. The van der Waals surface area contributed by atoms with Crippen LogP contribution in [0.15, 0.2) is 53.3 Å². The maximum atomic E-state index is 13.4. The van der Waals surface area contributed by atoms with Gasteiger partial charge in [0.05, 0.1) is 5.56 Å². The molecule has 0 saturated heterocycles. The number of rotatable bonds is 7. The molecule has 2 aliphatic rings. The predicted molar refractivity (Wildman–Crippen MR) is 120 cm³/mol. The van der Waals surface area contributed by atoms with Crippen molar-refractivity contribution < 1.29 is 18.0 Å². The summed E-state index contributed by atoms with van der Waals surface area (Å²) in [5.41, 5.74) is -0.944. The Bertz CT molecular complexity index is 1290. The summed E-state index contributed by atoms with van der Waals surface area (Å²) < 4.78 is 42.8. The average Bonchev–Trinajstić information content (AvgIpc) is 3.70. The van der Waals surface area contributed by atoms with Crippen LogP contribution in [0.4, 0.5) is 13.2 Å². The molecule has 0 unspecified atom stereocenters. The van der Waals surface area contributed by atoms with Crippen LogP contribution in [0.2, 0.25) is 5.02 Å². The van der Waals surface area contributed by atoms with Crippen LogP contribution in [-0.4, -0.2) is 25.8 Å². The molecule has 1 heterocycles. The first-order chi connectivity index (χ1) is 16.2. The zero-order chi connectivity index (χ0) is 24.1. The molecule has 1 amide bonds. The molecular formula is C24H22ClF3N4O2. The van der Waals surface area contributed by atoms with Crippen LogP contribution in [-0.2, 0) is 23.9 Å². The SMILES string of the molecule is O=C(Cn1nc(-c2ccc(Cl)cc2)n(C2CC2)c1=O)NC1(Cc2ccccc2C(F)(F)F)CC1. The van der Waals surface area contributed by atoms with E-state index in [0.29, 0.717) is 23.7 Å². The van der Waals surface area contributed by atoms with E-state index in [1.165, 1.54) is 12.1 Å². The Morgan fingerprint density at radius 3 is 2.41 bits per heavy atom. The van der Waals surface area contributed by atoms with E-state index in [1.807, 2.05) is 0 Å².